The average Bonchev–Trinajstić information content (AvgIpc) is 3.76. The maximum Gasteiger partial charge on any atom is 0.144 e. The van der Waals surface area contributed by atoms with Crippen molar-refractivity contribution in [3.8, 4) is 39.3 Å². The van der Waals surface area contributed by atoms with E-state index >= 15 is 0 Å². The van der Waals surface area contributed by atoms with Crippen molar-refractivity contribution in [3.63, 3.8) is 0 Å². The monoisotopic (exact) mass is 672 g/mol. The van der Waals surface area contributed by atoms with Gasteiger partial charge in [-0.3, -0.25) is 4.57 Å². The largest absolute Gasteiger partial charge is 0.456 e. The predicted octanol–water partition coefficient (Wildman–Crippen LogP) is 3.52. The summed E-state index contributed by atoms with van der Waals surface area (Å²) >= 11 is 0. The summed E-state index contributed by atoms with van der Waals surface area (Å²) in [7, 11) is 11.3. The first-order chi connectivity index (χ1) is 25.9. The van der Waals surface area contributed by atoms with Crippen molar-refractivity contribution in [3.05, 3.63) is 140 Å². The van der Waals surface area contributed by atoms with Crippen LogP contribution < -0.4 is 27.3 Å². The summed E-state index contributed by atoms with van der Waals surface area (Å²) in [5, 5.41) is 7.00. The minimum atomic E-state index is 0.897. The van der Waals surface area contributed by atoms with Crippen LogP contribution in [0.5, 0.6) is 0 Å². The fraction of sp³-hybridized carbons (Fsp3) is 0. The summed E-state index contributed by atoms with van der Waals surface area (Å²) in [6.07, 6.45) is 0. The lowest BCUT2D eigenvalue weighted by molar-refractivity contribution is 0.669. The zero-order chi connectivity index (χ0) is 36.0. The summed E-state index contributed by atoms with van der Waals surface area (Å²) in [5.41, 5.74) is 17.5. The van der Waals surface area contributed by atoms with Crippen LogP contribution >= 0.6 is 0 Å². The molecule has 53 heavy (non-hydrogen) atoms. The topological polar surface area (TPSA) is 31.0 Å². The van der Waals surface area contributed by atoms with Crippen LogP contribution in [0.1, 0.15) is 0 Å². The number of nitrogens with zero attached hydrogens (tertiary/aromatic N) is 2. The Morgan fingerprint density at radius 1 is 0.415 bits per heavy atom. The second-order valence-electron chi connectivity index (χ2n) is 14.5. The minimum absolute atomic E-state index is 0.897. The molecule has 0 saturated heterocycles. The van der Waals surface area contributed by atoms with Crippen LogP contribution in [0.15, 0.2) is 144 Å². The Kier molecular flexibility index (Phi) is 7.13. The molecule has 3 nitrogen and oxygen atoms in total. The van der Waals surface area contributed by atoms with E-state index in [4.69, 9.17) is 9.40 Å². The third-order valence-corrected chi connectivity index (χ3v) is 11.8. The van der Waals surface area contributed by atoms with Gasteiger partial charge in [-0.25, -0.2) is 4.98 Å². The molecule has 0 aliphatic rings. The van der Waals surface area contributed by atoms with Crippen molar-refractivity contribution in [2.24, 2.45) is 0 Å². The molecule has 0 spiro atoms. The van der Waals surface area contributed by atoms with E-state index in [-0.39, 0.29) is 0 Å². The molecule has 0 atom stereocenters. The van der Waals surface area contributed by atoms with Gasteiger partial charge in [0.2, 0.25) is 0 Å². The molecular formula is C45H33B5N2O. The second kappa shape index (κ2) is 12.0. The number of benzene rings is 8. The van der Waals surface area contributed by atoms with Crippen LogP contribution in [0.2, 0.25) is 0 Å². The molecule has 0 radical (unpaired) electrons. The first kappa shape index (κ1) is 31.6. The molecule has 0 bridgehead atoms. The SMILES string of the molecule is Bc1c(B)c(B)c(-c2nc3ccccc3n2-c2c3ccccc3c(-c3ccc4oc5ccccc5c4c3)c3cc(-c4ccccc4)ccc23)c(B)c1B. The van der Waals surface area contributed by atoms with Gasteiger partial charge in [-0.1, -0.05) is 114 Å². The average molecular weight is 672 g/mol. The number of hydrogen-bond acceptors (Lipinski definition) is 2. The minimum Gasteiger partial charge on any atom is -0.456 e. The molecule has 2 heterocycles. The Hall–Kier alpha value is -6.13. The number of rotatable bonds is 4. The van der Waals surface area contributed by atoms with E-state index in [0.29, 0.717) is 0 Å². The molecule has 244 valence electrons. The molecular weight excluding hydrogens is 639 g/mol. The quantitative estimate of drug-likeness (QED) is 0.212. The van der Waals surface area contributed by atoms with E-state index in [2.05, 4.69) is 171 Å². The van der Waals surface area contributed by atoms with Gasteiger partial charge in [-0.2, -0.15) is 0 Å². The molecule has 10 rings (SSSR count). The highest BCUT2D eigenvalue weighted by molar-refractivity contribution is 6.68. The summed E-state index contributed by atoms with van der Waals surface area (Å²) in [5.74, 6) is 0.977. The highest BCUT2D eigenvalue weighted by Crippen LogP contribution is 2.45. The van der Waals surface area contributed by atoms with Gasteiger partial charge in [-0.15, -0.1) is 16.4 Å². The zero-order valence-corrected chi connectivity index (χ0v) is 30.6. The molecule has 0 amide bonds. The first-order valence-electron chi connectivity index (χ1n) is 18.4. The van der Waals surface area contributed by atoms with Crippen molar-refractivity contribution in [1.82, 2.24) is 9.55 Å². The fourth-order valence-electron chi connectivity index (χ4n) is 8.65. The van der Waals surface area contributed by atoms with E-state index in [1.165, 1.54) is 71.1 Å². The van der Waals surface area contributed by atoms with Crippen molar-refractivity contribution in [2.45, 2.75) is 0 Å². The number of hydrogen-bond donors (Lipinski definition) is 0. The van der Waals surface area contributed by atoms with Crippen LogP contribution in [0.3, 0.4) is 0 Å². The molecule has 2 aromatic heterocycles. The Labute approximate surface area is 312 Å². The standard InChI is InChI=1S/C45H33B5N2O/c46-39-38(40(47)42(49)43(50)41(39)48)45-51-33-15-7-8-16-34(33)52(45)44-29-14-5-4-13-28(29)37(32-22-25(18-20-30(32)44)24-10-2-1-3-11-24)26-19-21-36-31(23-26)27-12-6-9-17-35(27)53-36/h1-23H,46-50H2. The molecule has 0 saturated carbocycles. The lowest BCUT2D eigenvalue weighted by Gasteiger charge is -2.23. The number of fused-ring (bicyclic) bond motifs is 6. The van der Waals surface area contributed by atoms with Gasteiger partial charge in [0.25, 0.3) is 0 Å². The van der Waals surface area contributed by atoms with Gasteiger partial charge in [0, 0.05) is 27.1 Å². The normalized spacial score (nSPS) is 11.8. The van der Waals surface area contributed by atoms with E-state index in [9.17, 15) is 0 Å². The van der Waals surface area contributed by atoms with Crippen molar-refractivity contribution >= 4 is 121 Å². The Balaban J connectivity index is 1.38. The van der Waals surface area contributed by atoms with Gasteiger partial charge >= 0.3 is 0 Å². The van der Waals surface area contributed by atoms with E-state index in [1.807, 2.05) is 12.1 Å². The van der Waals surface area contributed by atoms with E-state index in [0.717, 1.165) is 50.0 Å². The van der Waals surface area contributed by atoms with E-state index in [1.54, 1.807) is 0 Å². The fourth-order valence-corrected chi connectivity index (χ4v) is 8.65. The Morgan fingerprint density at radius 3 is 1.79 bits per heavy atom. The van der Waals surface area contributed by atoms with Gasteiger partial charge in [0.1, 0.15) is 56.2 Å². The molecule has 0 N–H and O–H groups in total. The number of furan rings is 1. The van der Waals surface area contributed by atoms with Gasteiger partial charge in [0.15, 0.2) is 0 Å². The second-order valence-corrected chi connectivity index (χ2v) is 14.5. The summed E-state index contributed by atoms with van der Waals surface area (Å²) < 4.78 is 8.74. The lowest BCUT2D eigenvalue weighted by atomic mass is 9.60. The molecule has 0 aliphatic heterocycles. The number of imidazole rings is 1. The highest BCUT2D eigenvalue weighted by atomic mass is 16.3. The molecule has 0 fully saturated rings. The van der Waals surface area contributed by atoms with Crippen molar-refractivity contribution < 1.29 is 4.42 Å². The summed E-state index contributed by atoms with van der Waals surface area (Å²) in [6.45, 7) is 0. The summed E-state index contributed by atoms with van der Waals surface area (Å²) in [4.78, 5) is 5.46. The lowest BCUT2D eigenvalue weighted by Crippen LogP contribution is -2.55. The predicted molar refractivity (Wildman–Crippen MR) is 241 cm³/mol. The van der Waals surface area contributed by atoms with Crippen LogP contribution in [-0.4, -0.2) is 48.8 Å². The zero-order valence-electron chi connectivity index (χ0n) is 30.6. The van der Waals surface area contributed by atoms with Gasteiger partial charge in [-0.05, 0) is 69.4 Å². The smallest absolute Gasteiger partial charge is 0.144 e. The maximum atomic E-state index is 6.29. The third-order valence-electron chi connectivity index (χ3n) is 11.8. The van der Waals surface area contributed by atoms with Gasteiger partial charge < -0.3 is 4.42 Å². The summed E-state index contributed by atoms with van der Waals surface area (Å²) in [6, 6.07) is 50.2. The van der Waals surface area contributed by atoms with Gasteiger partial charge in [0.05, 0.1) is 16.7 Å². The van der Waals surface area contributed by atoms with E-state index < -0.39 is 0 Å². The third kappa shape index (κ3) is 4.71. The maximum absolute atomic E-state index is 6.29. The van der Waals surface area contributed by atoms with Crippen molar-refractivity contribution in [1.29, 1.82) is 0 Å². The number of para-hydroxylation sites is 3. The molecule has 0 aliphatic carbocycles. The van der Waals surface area contributed by atoms with Crippen LogP contribution in [-0.2, 0) is 0 Å². The molecule has 0 unspecified atom stereocenters. The Morgan fingerprint density at radius 2 is 1.00 bits per heavy atom. The molecule has 10 aromatic rings. The first-order valence-corrected chi connectivity index (χ1v) is 18.4. The number of aromatic nitrogens is 2. The van der Waals surface area contributed by atoms with Crippen molar-refractivity contribution in [2.75, 3.05) is 0 Å². The molecule has 8 aromatic carbocycles. The molecule has 8 heteroatoms. The van der Waals surface area contributed by atoms with Crippen LogP contribution in [0.25, 0.3) is 93.8 Å². The van der Waals surface area contributed by atoms with Crippen LogP contribution in [0, 0.1) is 0 Å². The Bertz CT molecular complexity index is 3100. The van der Waals surface area contributed by atoms with Crippen LogP contribution in [0.4, 0.5) is 0 Å². The highest BCUT2D eigenvalue weighted by Gasteiger charge is 2.25.